The van der Waals surface area contributed by atoms with Crippen LogP contribution in [0.5, 0.6) is 0 Å². The molecular formula is C17H28N2. The van der Waals surface area contributed by atoms with Crippen LogP contribution in [0.3, 0.4) is 0 Å². The van der Waals surface area contributed by atoms with Crippen LogP contribution in [0.15, 0.2) is 24.3 Å². The molecular weight excluding hydrogens is 232 g/mol. The first-order valence-electron chi connectivity index (χ1n) is 7.69. The predicted molar refractivity (Wildman–Crippen MR) is 82.2 cm³/mol. The van der Waals surface area contributed by atoms with Gasteiger partial charge >= 0.3 is 0 Å². The van der Waals surface area contributed by atoms with Crippen LogP contribution in [0.1, 0.15) is 56.7 Å². The second-order valence-electron chi connectivity index (χ2n) is 5.99. The summed E-state index contributed by atoms with van der Waals surface area (Å²) >= 11 is 0. The molecule has 0 aromatic heterocycles. The van der Waals surface area contributed by atoms with Gasteiger partial charge in [-0.25, -0.2) is 0 Å². The zero-order valence-corrected chi connectivity index (χ0v) is 12.6. The van der Waals surface area contributed by atoms with E-state index in [1.54, 1.807) is 0 Å². The van der Waals surface area contributed by atoms with Gasteiger partial charge in [0.25, 0.3) is 0 Å². The molecule has 1 aromatic carbocycles. The Hall–Kier alpha value is -0.860. The third kappa shape index (κ3) is 3.58. The topological polar surface area (TPSA) is 29.3 Å². The predicted octanol–water partition coefficient (Wildman–Crippen LogP) is 3.65. The van der Waals surface area contributed by atoms with Gasteiger partial charge in [0.15, 0.2) is 0 Å². The Morgan fingerprint density at radius 3 is 2.26 bits per heavy atom. The molecule has 0 radical (unpaired) electrons. The average molecular weight is 260 g/mol. The largest absolute Gasteiger partial charge is 0.328 e. The van der Waals surface area contributed by atoms with Gasteiger partial charge in [0, 0.05) is 18.1 Å². The lowest BCUT2D eigenvalue weighted by molar-refractivity contribution is 0.114. The van der Waals surface area contributed by atoms with E-state index in [9.17, 15) is 0 Å². The van der Waals surface area contributed by atoms with E-state index >= 15 is 0 Å². The Bertz CT molecular complexity index is 377. The molecule has 2 N–H and O–H groups in total. The van der Waals surface area contributed by atoms with Gasteiger partial charge in [0.05, 0.1) is 0 Å². The van der Waals surface area contributed by atoms with Crippen molar-refractivity contribution in [2.45, 2.75) is 64.6 Å². The summed E-state index contributed by atoms with van der Waals surface area (Å²) in [6, 6.07) is 10.6. The highest BCUT2D eigenvalue weighted by Crippen LogP contribution is 2.29. The maximum atomic E-state index is 6.02. The first-order valence-corrected chi connectivity index (χ1v) is 7.69. The highest BCUT2D eigenvalue weighted by molar-refractivity contribution is 5.24. The van der Waals surface area contributed by atoms with Gasteiger partial charge in [-0.3, -0.25) is 4.90 Å². The fraction of sp³-hybridized carbons (Fsp3) is 0.647. The lowest BCUT2D eigenvalue weighted by Gasteiger charge is -2.39. The van der Waals surface area contributed by atoms with Crippen molar-refractivity contribution in [3.63, 3.8) is 0 Å². The molecule has 2 heteroatoms. The maximum Gasteiger partial charge on any atom is 0.0322 e. The Morgan fingerprint density at radius 2 is 1.74 bits per heavy atom. The van der Waals surface area contributed by atoms with Crippen LogP contribution < -0.4 is 5.73 Å². The standard InChI is InChI=1S/C17H28N2/c1-4-19(17-11-9-16(18)10-12-17)14(3)15-7-5-13(2)6-8-15/h5-8,14,16-17H,4,9-12,18H2,1-3H3. The van der Waals surface area contributed by atoms with Crippen molar-refractivity contribution in [1.29, 1.82) is 0 Å². The van der Waals surface area contributed by atoms with E-state index in [1.165, 1.54) is 36.8 Å². The molecule has 0 heterocycles. The minimum absolute atomic E-state index is 0.435. The number of rotatable bonds is 4. The van der Waals surface area contributed by atoms with Crippen LogP contribution in [0, 0.1) is 6.92 Å². The van der Waals surface area contributed by atoms with Crippen molar-refractivity contribution in [2.75, 3.05) is 6.54 Å². The van der Waals surface area contributed by atoms with Gasteiger partial charge in [-0.05, 0) is 51.6 Å². The molecule has 0 spiro atoms. The molecule has 1 atom stereocenters. The molecule has 1 aliphatic carbocycles. The summed E-state index contributed by atoms with van der Waals surface area (Å²) in [5.41, 5.74) is 8.79. The van der Waals surface area contributed by atoms with E-state index < -0.39 is 0 Å². The summed E-state index contributed by atoms with van der Waals surface area (Å²) in [5, 5.41) is 0. The Balaban J connectivity index is 2.06. The fourth-order valence-electron chi connectivity index (χ4n) is 3.32. The quantitative estimate of drug-likeness (QED) is 0.895. The van der Waals surface area contributed by atoms with Gasteiger partial charge in [-0.15, -0.1) is 0 Å². The van der Waals surface area contributed by atoms with Crippen LogP contribution in [-0.2, 0) is 0 Å². The smallest absolute Gasteiger partial charge is 0.0322 e. The van der Waals surface area contributed by atoms with Crippen molar-refractivity contribution in [3.05, 3.63) is 35.4 Å². The van der Waals surface area contributed by atoms with E-state index in [2.05, 4.69) is 49.9 Å². The highest BCUT2D eigenvalue weighted by Gasteiger charge is 2.26. The van der Waals surface area contributed by atoms with Gasteiger partial charge < -0.3 is 5.73 Å². The SMILES string of the molecule is CCN(C1CCC(N)CC1)C(C)c1ccc(C)cc1. The maximum absolute atomic E-state index is 6.02. The summed E-state index contributed by atoms with van der Waals surface area (Å²) in [5.74, 6) is 0. The van der Waals surface area contributed by atoms with Crippen molar-refractivity contribution in [2.24, 2.45) is 5.73 Å². The first-order chi connectivity index (χ1) is 9.11. The fourth-order valence-corrected chi connectivity index (χ4v) is 3.32. The van der Waals surface area contributed by atoms with Crippen LogP contribution in [-0.4, -0.2) is 23.5 Å². The Labute approximate surface area is 118 Å². The molecule has 1 aliphatic rings. The molecule has 1 saturated carbocycles. The highest BCUT2D eigenvalue weighted by atomic mass is 15.2. The zero-order chi connectivity index (χ0) is 13.8. The third-order valence-corrected chi connectivity index (χ3v) is 4.63. The van der Waals surface area contributed by atoms with E-state index in [4.69, 9.17) is 5.73 Å². The number of hydrogen-bond acceptors (Lipinski definition) is 2. The van der Waals surface area contributed by atoms with Crippen LogP contribution >= 0.6 is 0 Å². The average Bonchev–Trinajstić information content (AvgIpc) is 2.42. The second kappa shape index (κ2) is 6.53. The number of aryl methyl sites for hydroxylation is 1. The van der Waals surface area contributed by atoms with E-state index in [1.807, 2.05) is 0 Å². The molecule has 1 unspecified atom stereocenters. The summed E-state index contributed by atoms with van der Waals surface area (Å²) in [4.78, 5) is 2.65. The molecule has 2 rings (SSSR count). The normalized spacial score (nSPS) is 25.5. The number of benzene rings is 1. The molecule has 0 aliphatic heterocycles. The third-order valence-electron chi connectivity index (χ3n) is 4.63. The number of nitrogens with zero attached hydrogens (tertiary/aromatic N) is 1. The molecule has 19 heavy (non-hydrogen) atoms. The summed E-state index contributed by atoms with van der Waals surface area (Å²) in [6.07, 6.45) is 4.87. The van der Waals surface area contributed by atoms with Crippen molar-refractivity contribution in [3.8, 4) is 0 Å². The molecule has 0 bridgehead atoms. The minimum atomic E-state index is 0.435. The van der Waals surface area contributed by atoms with Crippen LogP contribution in [0.4, 0.5) is 0 Å². The minimum Gasteiger partial charge on any atom is -0.328 e. The van der Waals surface area contributed by atoms with Gasteiger partial charge in [-0.1, -0.05) is 36.8 Å². The summed E-state index contributed by atoms with van der Waals surface area (Å²) in [7, 11) is 0. The molecule has 106 valence electrons. The van der Waals surface area contributed by atoms with Crippen molar-refractivity contribution >= 4 is 0 Å². The number of hydrogen-bond donors (Lipinski definition) is 1. The first kappa shape index (κ1) is 14.5. The molecule has 1 aromatic rings. The monoisotopic (exact) mass is 260 g/mol. The summed E-state index contributed by atoms with van der Waals surface area (Å²) < 4.78 is 0. The second-order valence-corrected chi connectivity index (χ2v) is 5.99. The van der Waals surface area contributed by atoms with Gasteiger partial charge in [-0.2, -0.15) is 0 Å². The Morgan fingerprint density at radius 1 is 1.16 bits per heavy atom. The van der Waals surface area contributed by atoms with Gasteiger partial charge in [0.1, 0.15) is 0 Å². The zero-order valence-electron chi connectivity index (χ0n) is 12.6. The van der Waals surface area contributed by atoms with Crippen LogP contribution in [0.2, 0.25) is 0 Å². The lowest BCUT2D eigenvalue weighted by Crippen LogP contribution is -2.42. The van der Waals surface area contributed by atoms with Crippen LogP contribution in [0.25, 0.3) is 0 Å². The van der Waals surface area contributed by atoms with Gasteiger partial charge in [0.2, 0.25) is 0 Å². The number of nitrogens with two attached hydrogens (primary N) is 1. The molecule has 1 fully saturated rings. The van der Waals surface area contributed by atoms with E-state index in [0.29, 0.717) is 18.1 Å². The van der Waals surface area contributed by atoms with E-state index in [0.717, 1.165) is 6.54 Å². The van der Waals surface area contributed by atoms with E-state index in [-0.39, 0.29) is 0 Å². The summed E-state index contributed by atoms with van der Waals surface area (Å²) in [6.45, 7) is 7.88. The molecule has 0 saturated heterocycles. The Kier molecular flexibility index (Phi) is 5.00. The van der Waals surface area contributed by atoms with Crippen molar-refractivity contribution in [1.82, 2.24) is 4.90 Å². The van der Waals surface area contributed by atoms with Crippen molar-refractivity contribution < 1.29 is 0 Å². The lowest BCUT2D eigenvalue weighted by atomic mass is 9.89. The molecule has 0 amide bonds. The molecule has 2 nitrogen and oxygen atoms in total.